The Labute approximate surface area is 200 Å². The molecule has 1 amide bonds. The first-order valence-electron chi connectivity index (χ1n) is 10.2. The Bertz CT molecular complexity index is 1270. The van der Waals surface area contributed by atoms with E-state index in [1.807, 2.05) is 29.8 Å². The maximum atomic E-state index is 12.6. The fourth-order valence-corrected chi connectivity index (χ4v) is 5.05. The molecule has 0 aliphatic carbocycles. The van der Waals surface area contributed by atoms with E-state index in [4.69, 9.17) is 9.47 Å². The van der Waals surface area contributed by atoms with Crippen molar-refractivity contribution in [1.82, 2.24) is 14.8 Å². The molecule has 0 saturated carbocycles. The number of hydrogen-bond acceptors (Lipinski definition) is 7. The Balaban J connectivity index is 1.49. The predicted octanol–water partition coefficient (Wildman–Crippen LogP) is 5.27. The summed E-state index contributed by atoms with van der Waals surface area (Å²) >= 11 is 3.03. The number of carbonyl (C=O) groups is 1. The quantitative estimate of drug-likeness (QED) is 0.346. The number of benzene rings is 2. The normalized spacial score (nSPS) is 10.8. The molecule has 0 aliphatic heterocycles. The minimum atomic E-state index is -0.163. The Morgan fingerprint density at radius 1 is 1.12 bits per heavy atom. The molecule has 33 heavy (non-hydrogen) atoms. The van der Waals surface area contributed by atoms with Crippen LogP contribution in [0.4, 0.5) is 5.69 Å². The van der Waals surface area contributed by atoms with E-state index in [0.29, 0.717) is 22.3 Å². The molecule has 0 fully saturated rings. The number of thiophene rings is 1. The van der Waals surface area contributed by atoms with Gasteiger partial charge in [0, 0.05) is 34.5 Å². The lowest BCUT2D eigenvalue weighted by atomic mass is 10.0. The van der Waals surface area contributed by atoms with Crippen molar-refractivity contribution in [2.75, 3.05) is 25.3 Å². The van der Waals surface area contributed by atoms with Gasteiger partial charge in [-0.15, -0.1) is 21.5 Å². The van der Waals surface area contributed by atoms with Gasteiger partial charge in [0.2, 0.25) is 5.91 Å². The van der Waals surface area contributed by atoms with Crippen LogP contribution in [0.25, 0.3) is 22.5 Å². The van der Waals surface area contributed by atoms with Crippen LogP contribution >= 0.6 is 23.1 Å². The number of amides is 1. The third-order valence-corrected chi connectivity index (χ3v) is 7.06. The molecule has 2 heterocycles. The van der Waals surface area contributed by atoms with Crippen molar-refractivity contribution in [2.45, 2.75) is 12.1 Å². The van der Waals surface area contributed by atoms with Gasteiger partial charge < -0.3 is 19.4 Å². The summed E-state index contributed by atoms with van der Waals surface area (Å²) in [4.78, 5) is 13.8. The van der Waals surface area contributed by atoms with Gasteiger partial charge >= 0.3 is 0 Å². The lowest BCUT2D eigenvalue weighted by Crippen LogP contribution is -2.15. The maximum Gasteiger partial charge on any atom is 0.234 e. The summed E-state index contributed by atoms with van der Waals surface area (Å²) in [7, 11) is 5.05. The largest absolute Gasteiger partial charge is 0.497 e. The van der Waals surface area contributed by atoms with Crippen LogP contribution in [-0.2, 0) is 11.8 Å². The molecule has 0 aliphatic rings. The van der Waals surface area contributed by atoms with Gasteiger partial charge in [-0.1, -0.05) is 42.1 Å². The molecule has 7 nitrogen and oxygen atoms in total. The molecule has 0 unspecified atom stereocenters. The minimum Gasteiger partial charge on any atom is -0.497 e. The Kier molecular flexibility index (Phi) is 7.00. The fraction of sp³-hybridized carbons (Fsp3) is 0.208. The molecule has 1 N–H and O–H groups in total. The fourth-order valence-electron chi connectivity index (χ4n) is 3.48. The number of nitrogens with zero attached hydrogens (tertiary/aromatic N) is 3. The predicted molar refractivity (Wildman–Crippen MR) is 133 cm³/mol. The molecule has 0 atom stereocenters. The van der Waals surface area contributed by atoms with Crippen LogP contribution in [0, 0.1) is 6.92 Å². The third kappa shape index (κ3) is 4.89. The lowest BCUT2D eigenvalue weighted by Gasteiger charge is -2.11. The van der Waals surface area contributed by atoms with Crippen LogP contribution < -0.4 is 14.8 Å². The van der Waals surface area contributed by atoms with E-state index < -0.39 is 0 Å². The summed E-state index contributed by atoms with van der Waals surface area (Å²) in [6.45, 7) is 2.11. The Morgan fingerprint density at radius 2 is 1.91 bits per heavy atom. The van der Waals surface area contributed by atoms with Crippen molar-refractivity contribution in [3.05, 3.63) is 58.8 Å². The second kappa shape index (κ2) is 10.1. The minimum absolute atomic E-state index is 0.163. The number of aryl methyl sites for hydroxylation is 1. The summed E-state index contributed by atoms with van der Waals surface area (Å²) in [6, 6.07) is 15.5. The number of rotatable bonds is 8. The van der Waals surface area contributed by atoms with Crippen LogP contribution in [0.2, 0.25) is 0 Å². The molecule has 9 heteroatoms. The topological polar surface area (TPSA) is 78.3 Å². The maximum absolute atomic E-state index is 12.6. The lowest BCUT2D eigenvalue weighted by molar-refractivity contribution is -0.113. The zero-order chi connectivity index (χ0) is 23.4. The molecule has 0 radical (unpaired) electrons. The standard InChI is InChI=1S/C24H24N4O3S2/c1-15-22(16-8-6-5-7-9-16)18(13-32-15)23-26-27-24(28(23)2)33-14-21(29)25-19-11-10-17(30-3)12-20(19)31-4/h5-13H,14H2,1-4H3,(H,25,29). The number of hydrogen-bond donors (Lipinski definition) is 1. The van der Waals surface area contributed by atoms with Gasteiger partial charge in [-0.2, -0.15) is 0 Å². The van der Waals surface area contributed by atoms with E-state index in [9.17, 15) is 4.79 Å². The van der Waals surface area contributed by atoms with Gasteiger partial charge in [0.25, 0.3) is 0 Å². The molecule has 0 spiro atoms. The van der Waals surface area contributed by atoms with Gasteiger partial charge in [-0.25, -0.2) is 0 Å². The Morgan fingerprint density at radius 3 is 2.64 bits per heavy atom. The third-order valence-electron chi connectivity index (χ3n) is 5.13. The van der Waals surface area contributed by atoms with Gasteiger partial charge in [0.1, 0.15) is 11.5 Å². The molecular formula is C24H24N4O3S2. The van der Waals surface area contributed by atoms with E-state index in [1.165, 1.54) is 16.6 Å². The number of aromatic nitrogens is 3. The number of carbonyl (C=O) groups excluding carboxylic acids is 1. The average molecular weight is 481 g/mol. The van der Waals surface area contributed by atoms with Crippen LogP contribution in [0.15, 0.2) is 59.1 Å². The van der Waals surface area contributed by atoms with Crippen LogP contribution in [0.3, 0.4) is 0 Å². The van der Waals surface area contributed by atoms with E-state index in [2.05, 4.69) is 40.0 Å². The first-order valence-corrected chi connectivity index (χ1v) is 12.1. The number of nitrogens with one attached hydrogen (secondary N) is 1. The molecule has 2 aromatic heterocycles. The molecule has 0 saturated heterocycles. The van der Waals surface area contributed by atoms with E-state index in [-0.39, 0.29) is 11.7 Å². The summed E-state index contributed by atoms with van der Waals surface area (Å²) in [5, 5.41) is 14.4. The molecule has 4 rings (SSSR count). The van der Waals surface area contributed by atoms with Gasteiger partial charge in [-0.3, -0.25) is 4.79 Å². The smallest absolute Gasteiger partial charge is 0.234 e. The van der Waals surface area contributed by atoms with Crippen molar-refractivity contribution in [2.24, 2.45) is 7.05 Å². The molecular weight excluding hydrogens is 456 g/mol. The molecule has 2 aromatic carbocycles. The highest BCUT2D eigenvalue weighted by Gasteiger charge is 2.19. The van der Waals surface area contributed by atoms with Crippen LogP contribution in [-0.4, -0.2) is 40.6 Å². The van der Waals surface area contributed by atoms with Crippen molar-refractivity contribution in [1.29, 1.82) is 0 Å². The molecule has 170 valence electrons. The van der Waals surface area contributed by atoms with Crippen molar-refractivity contribution in [3.8, 4) is 34.0 Å². The SMILES string of the molecule is COc1ccc(NC(=O)CSc2nnc(-c3csc(C)c3-c3ccccc3)n2C)c(OC)c1. The average Bonchev–Trinajstić information content (AvgIpc) is 3.40. The van der Waals surface area contributed by atoms with Crippen molar-refractivity contribution < 1.29 is 14.3 Å². The van der Waals surface area contributed by atoms with Crippen LogP contribution in [0.1, 0.15) is 4.88 Å². The summed E-state index contributed by atoms with van der Waals surface area (Å²) in [6.07, 6.45) is 0. The summed E-state index contributed by atoms with van der Waals surface area (Å²) in [5.74, 6) is 2.00. The number of anilines is 1. The van der Waals surface area contributed by atoms with Gasteiger partial charge in [0.15, 0.2) is 11.0 Å². The molecule has 4 aromatic rings. The van der Waals surface area contributed by atoms with E-state index in [0.717, 1.165) is 22.5 Å². The first-order chi connectivity index (χ1) is 16.0. The van der Waals surface area contributed by atoms with Crippen molar-refractivity contribution in [3.63, 3.8) is 0 Å². The van der Waals surface area contributed by atoms with Gasteiger partial charge in [0.05, 0.1) is 25.7 Å². The zero-order valence-electron chi connectivity index (χ0n) is 18.8. The number of thioether (sulfide) groups is 1. The highest BCUT2D eigenvalue weighted by molar-refractivity contribution is 7.99. The first kappa shape index (κ1) is 22.9. The van der Waals surface area contributed by atoms with Gasteiger partial charge in [-0.05, 0) is 24.6 Å². The van der Waals surface area contributed by atoms with Crippen molar-refractivity contribution >= 4 is 34.7 Å². The monoisotopic (exact) mass is 480 g/mol. The van der Waals surface area contributed by atoms with Crippen LogP contribution in [0.5, 0.6) is 11.5 Å². The summed E-state index contributed by atoms with van der Waals surface area (Å²) < 4.78 is 12.5. The number of ether oxygens (including phenoxy) is 2. The van der Waals surface area contributed by atoms with E-state index >= 15 is 0 Å². The summed E-state index contributed by atoms with van der Waals surface area (Å²) in [5.41, 5.74) is 3.94. The zero-order valence-corrected chi connectivity index (χ0v) is 20.4. The second-order valence-corrected chi connectivity index (χ2v) is 9.24. The van der Waals surface area contributed by atoms with E-state index in [1.54, 1.807) is 43.8 Å². The Hall–Kier alpha value is -3.30. The number of methoxy groups -OCH3 is 2. The highest BCUT2D eigenvalue weighted by atomic mass is 32.2. The highest BCUT2D eigenvalue weighted by Crippen LogP contribution is 2.38. The second-order valence-electron chi connectivity index (χ2n) is 7.21. The molecule has 0 bridgehead atoms.